The summed E-state index contributed by atoms with van der Waals surface area (Å²) in [6, 6.07) is 6.61. The fraction of sp³-hybridized carbons (Fsp3) is 0.667. The van der Waals surface area contributed by atoms with Crippen molar-refractivity contribution in [2.75, 3.05) is 20.2 Å². The van der Waals surface area contributed by atoms with E-state index in [0.29, 0.717) is 17.7 Å². The zero-order valence-electron chi connectivity index (χ0n) is 15.9. The molecule has 3 fully saturated rings. The zero-order valence-corrected chi connectivity index (χ0v) is 16.7. The summed E-state index contributed by atoms with van der Waals surface area (Å²) >= 11 is 0. The van der Waals surface area contributed by atoms with Crippen molar-refractivity contribution < 1.29 is 9.53 Å². The Hall–Kier alpha value is -1.26. The Bertz CT molecular complexity index is 672. The number of fused-ring (bicyclic) bond motifs is 1. The zero-order chi connectivity index (χ0) is 17.6. The highest BCUT2D eigenvalue weighted by molar-refractivity contribution is 5.89. The molecule has 5 heteroatoms. The van der Waals surface area contributed by atoms with Gasteiger partial charge in [0.2, 0.25) is 5.91 Å². The number of hydrogen-bond donors (Lipinski definition) is 1. The van der Waals surface area contributed by atoms with Crippen molar-refractivity contribution in [2.45, 2.75) is 56.9 Å². The van der Waals surface area contributed by atoms with Crippen LogP contribution >= 0.6 is 12.4 Å². The molecule has 0 aromatic heterocycles. The monoisotopic (exact) mass is 378 g/mol. The lowest BCUT2D eigenvalue weighted by Crippen LogP contribution is -2.45. The van der Waals surface area contributed by atoms with Crippen LogP contribution in [0.2, 0.25) is 0 Å². The molecule has 0 spiro atoms. The molecule has 1 heterocycles. The van der Waals surface area contributed by atoms with Gasteiger partial charge in [0.05, 0.1) is 12.5 Å². The van der Waals surface area contributed by atoms with Gasteiger partial charge in [-0.15, -0.1) is 12.4 Å². The molecule has 1 aliphatic heterocycles. The van der Waals surface area contributed by atoms with Gasteiger partial charge >= 0.3 is 0 Å². The Balaban J connectivity index is 0.00000196. The number of amides is 1. The first kappa shape index (κ1) is 19.5. The summed E-state index contributed by atoms with van der Waals surface area (Å²) in [6.07, 6.45) is 6.47. The van der Waals surface area contributed by atoms with Gasteiger partial charge in [-0.05, 0) is 61.6 Å². The number of carbonyl (C=O) groups excluding carboxylic acids is 1. The van der Waals surface area contributed by atoms with Crippen LogP contribution in [0.25, 0.3) is 0 Å². The van der Waals surface area contributed by atoms with Crippen LogP contribution in [-0.2, 0) is 10.2 Å². The summed E-state index contributed by atoms with van der Waals surface area (Å²) in [5, 5.41) is 0. The number of nitrogens with two attached hydrogens (primary N) is 1. The molecule has 2 saturated carbocycles. The fourth-order valence-electron chi connectivity index (χ4n) is 5.50. The first-order valence-corrected chi connectivity index (χ1v) is 9.75. The topological polar surface area (TPSA) is 55.6 Å². The van der Waals surface area contributed by atoms with Crippen molar-refractivity contribution in [3.05, 3.63) is 29.3 Å². The third-order valence-corrected chi connectivity index (χ3v) is 7.03. The molecule has 3 aliphatic rings. The molecule has 26 heavy (non-hydrogen) atoms. The summed E-state index contributed by atoms with van der Waals surface area (Å²) in [4.78, 5) is 15.8. The molecule has 2 N–H and O–H groups in total. The van der Waals surface area contributed by atoms with Crippen LogP contribution in [0.5, 0.6) is 5.75 Å². The summed E-state index contributed by atoms with van der Waals surface area (Å²) in [7, 11) is 1.71. The summed E-state index contributed by atoms with van der Waals surface area (Å²) in [6.45, 7) is 3.81. The molecule has 3 unspecified atom stereocenters. The predicted molar refractivity (Wildman–Crippen MR) is 106 cm³/mol. The maximum Gasteiger partial charge on any atom is 0.233 e. The summed E-state index contributed by atoms with van der Waals surface area (Å²) < 4.78 is 5.53. The minimum atomic E-state index is -0.357. The molecular formula is C21H31ClN2O2. The Morgan fingerprint density at radius 1 is 1.23 bits per heavy atom. The first-order chi connectivity index (χ1) is 12.0. The average Bonchev–Trinajstić information content (AvgIpc) is 3.33. The molecular weight excluding hydrogens is 348 g/mol. The Labute approximate surface area is 162 Å². The smallest absolute Gasteiger partial charge is 0.233 e. The standard InChI is InChI=1S/C21H30N2O2.ClH/c1-14-5-7-16(11-19(14)25-2)21(9-3-4-10-21)20(24)23-12-15-6-8-18(22)17(15)13-23;/h5,7,11,15,17-18H,3-4,6,8-10,12-13,22H2,1-2H3;1H. The first-order valence-electron chi connectivity index (χ1n) is 9.75. The van der Waals surface area contributed by atoms with Crippen LogP contribution in [0.1, 0.15) is 49.7 Å². The number of methoxy groups -OCH3 is 1. The third kappa shape index (κ3) is 3.01. The minimum Gasteiger partial charge on any atom is -0.496 e. The predicted octanol–water partition coefficient (Wildman–Crippen LogP) is 3.43. The average molecular weight is 379 g/mol. The second kappa shape index (κ2) is 7.40. The van der Waals surface area contributed by atoms with Gasteiger partial charge in [0.1, 0.15) is 5.75 Å². The van der Waals surface area contributed by atoms with E-state index in [2.05, 4.69) is 30.0 Å². The molecule has 4 nitrogen and oxygen atoms in total. The summed E-state index contributed by atoms with van der Waals surface area (Å²) in [5.74, 6) is 2.34. The highest BCUT2D eigenvalue weighted by Crippen LogP contribution is 2.46. The van der Waals surface area contributed by atoms with Crippen LogP contribution in [0.3, 0.4) is 0 Å². The highest BCUT2D eigenvalue weighted by Gasteiger charge is 2.50. The lowest BCUT2D eigenvalue weighted by molar-refractivity contribution is -0.136. The van der Waals surface area contributed by atoms with E-state index in [-0.39, 0.29) is 23.9 Å². The van der Waals surface area contributed by atoms with Gasteiger partial charge in [0.15, 0.2) is 0 Å². The van der Waals surface area contributed by atoms with Gasteiger partial charge in [-0.3, -0.25) is 4.79 Å². The fourth-order valence-corrected chi connectivity index (χ4v) is 5.50. The van der Waals surface area contributed by atoms with Crippen molar-refractivity contribution in [3.63, 3.8) is 0 Å². The molecule has 0 bridgehead atoms. The maximum atomic E-state index is 13.6. The number of benzene rings is 1. The van der Waals surface area contributed by atoms with Gasteiger partial charge < -0.3 is 15.4 Å². The van der Waals surface area contributed by atoms with E-state index < -0.39 is 0 Å². The lowest BCUT2D eigenvalue weighted by atomic mass is 9.77. The Kier molecular flexibility index (Phi) is 5.55. The molecule has 0 radical (unpaired) electrons. The quantitative estimate of drug-likeness (QED) is 0.876. The van der Waals surface area contributed by atoms with Crippen LogP contribution in [-0.4, -0.2) is 37.0 Å². The number of ether oxygens (including phenoxy) is 1. The van der Waals surface area contributed by atoms with E-state index in [9.17, 15) is 4.79 Å². The van der Waals surface area contributed by atoms with E-state index in [0.717, 1.165) is 62.1 Å². The number of carbonyl (C=O) groups is 1. The number of hydrogen-bond acceptors (Lipinski definition) is 3. The number of rotatable bonds is 3. The van der Waals surface area contributed by atoms with E-state index in [1.807, 2.05) is 0 Å². The molecule has 4 rings (SSSR count). The Morgan fingerprint density at radius 2 is 1.96 bits per heavy atom. The SMILES string of the molecule is COc1cc(C2(C(=O)N3CC4CCC(N)C4C3)CCCC2)ccc1C.Cl. The van der Waals surface area contributed by atoms with Gasteiger partial charge in [0, 0.05) is 19.1 Å². The van der Waals surface area contributed by atoms with Crippen LogP contribution in [0.15, 0.2) is 18.2 Å². The van der Waals surface area contributed by atoms with Gasteiger partial charge in [-0.1, -0.05) is 25.0 Å². The van der Waals surface area contributed by atoms with Crippen LogP contribution < -0.4 is 10.5 Å². The van der Waals surface area contributed by atoms with Crippen LogP contribution in [0, 0.1) is 18.8 Å². The van der Waals surface area contributed by atoms with Crippen molar-refractivity contribution >= 4 is 18.3 Å². The number of nitrogens with zero attached hydrogens (tertiary/aromatic N) is 1. The molecule has 3 atom stereocenters. The molecule has 144 valence electrons. The van der Waals surface area contributed by atoms with Crippen molar-refractivity contribution in [1.29, 1.82) is 0 Å². The normalized spacial score (nSPS) is 29.3. The molecule has 1 saturated heterocycles. The van der Waals surface area contributed by atoms with Gasteiger partial charge in [-0.25, -0.2) is 0 Å². The largest absolute Gasteiger partial charge is 0.496 e. The summed E-state index contributed by atoms with van der Waals surface area (Å²) in [5.41, 5.74) is 8.18. The van der Waals surface area contributed by atoms with Gasteiger partial charge in [-0.2, -0.15) is 0 Å². The van der Waals surface area contributed by atoms with Gasteiger partial charge in [0.25, 0.3) is 0 Å². The highest BCUT2D eigenvalue weighted by atomic mass is 35.5. The third-order valence-electron chi connectivity index (χ3n) is 7.03. The molecule has 1 aromatic carbocycles. The van der Waals surface area contributed by atoms with Crippen molar-refractivity contribution in [2.24, 2.45) is 17.6 Å². The second-order valence-electron chi connectivity index (χ2n) is 8.35. The second-order valence-corrected chi connectivity index (χ2v) is 8.35. The van der Waals surface area contributed by atoms with Crippen LogP contribution in [0.4, 0.5) is 0 Å². The number of likely N-dealkylation sites (tertiary alicyclic amines) is 1. The Morgan fingerprint density at radius 3 is 2.62 bits per heavy atom. The number of halogens is 1. The van der Waals surface area contributed by atoms with Crippen molar-refractivity contribution in [1.82, 2.24) is 4.90 Å². The van der Waals surface area contributed by atoms with E-state index >= 15 is 0 Å². The molecule has 1 amide bonds. The van der Waals surface area contributed by atoms with Crippen molar-refractivity contribution in [3.8, 4) is 5.75 Å². The van der Waals surface area contributed by atoms with E-state index in [1.54, 1.807) is 7.11 Å². The maximum absolute atomic E-state index is 13.6. The molecule has 1 aromatic rings. The molecule has 2 aliphatic carbocycles. The number of aryl methyl sites for hydroxylation is 1. The lowest BCUT2D eigenvalue weighted by Gasteiger charge is -2.34. The van der Waals surface area contributed by atoms with E-state index in [1.165, 1.54) is 6.42 Å². The minimum absolute atomic E-state index is 0. The van der Waals surface area contributed by atoms with E-state index in [4.69, 9.17) is 10.5 Å².